The first-order valence-electron chi connectivity index (χ1n) is 9.02. The number of fused-ring (bicyclic) bond motifs is 1. The van der Waals surface area contributed by atoms with Crippen LogP contribution in [0.15, 0.2) is 24.3 Å². The average Bonchev–Trinajstić information content (AvgIpc) is 3.24. The number of nitrogens with zero attached hydrogens (tertiary/aromatic N) is 3. The van der Waals surface area contributed by atoms with E-state index in [0.717, 1.165) is 37.5 Å². The first-order chi connectivity index (χ1) is 11.8. The van der Waals surface area contributed by atoms with E-state index in [0.29, 0.717) is 5.92 Å². The Balaban J connectivity index is 1.69. The van der Waals surface area contributed by atoms with Crippen LogP contribution in [0.3, 0.4) is 0 Å². The summed E-state index contributed by atoms with van der Waals surface area (Å²) >= 11 is 0. The molecular formula is C19H26N4O. The van der Waals surface area contributed by atoms with Gasteiger partial charge in [-0.05, 0) is 56.6 Å². The monoisotopic (exact) mass is 326 g/mol. The number of piperidine rings is 1. The molecule has 0 spiro atoms. The highest BCUT2D eigenvalue weighted by Crippen LogP contribution is 2.36. The van der Waals surface area contributed by atoms with E-state index < -0.39 is 0 Å². The fourth-order valence-electron chi connectivity index (χ4n) is 4.01. The number of likely N-dealkylation sites (tertiary alicyclic amines) is 1. The average molecular weight is 326 g/mol. The number of benzene rings is 1. The lowest BCUT2D eigenvalue weighted by atomic mass is 9.92. The maximum atomic E-state index is 5.27. The molecular weight excluding hydrogens is 300 g/mol. The minimum Gasteiger partial charge on any atom is -0.497 e. The lowest BCUT2D eigenvalue weighted by Crippen LogP contribution is -2.34. The van der Waals surface area contributed by atoms with Crippen LogP contribution >= 0.6 is 0 Å². The van der Waals surface area contributed by atoms with Gasteiger partial charge in [-0.15, -0.1) is 0 Å². The number of hydrogen-bond donors (Lipinski definition) is 1. The van der Waals surface area contributed by atoms with Crippen LogP contribution in [0.4, 0.5) is 5.82 Å². The quantitative estimate of drug-likeness (QED) is 0.938. The lowest BCUT2D eigenvalue weighted by Gasteiger charge is -2.31. The molecule has 2 aliphatic rings. The normalized spacial score (nSPS) is 20.7. The van der Waals surface area contributed by atoms with Gasteiger partial charge in [-0.25, -0.2) is 4.68 Å². The van der Waals surface area contributed by atoms with Crippen molar-refractivity contribution in [1.29, 1.82) is 0 Å². The second-order valence-corrected chi connectivity index (χ2v) is 6.73. The van der Waals surface area contributed by atoms with Gasteiger partial charge in [0.1, 0.15) is 11.6 Å². The number of methoxy groups -OCH3 is 1. The molecule has 5 heteroatoms. The van der Waals surface area contributed by atoms with Gasteiger partial charge in [-0.3, -0.25) is 0 Å². The van der Waals surface area contributed by atoms with E-state index >= 15 is 0 Å². The molecule has 1 N–H and O–H groups in total. The van der Waals surface area contributed by atoms with Gasteiger partial charge in [-0.1, -0.05) is 6.92 Å². The highest BCUT2D eigenvalue weighted by Gasteiger charge is 2.30. The van der Waals surface area contributed by atoms with Crippen molar-refractivity contribution in [2.75, 3.05) is 38.6 Å². The molecule has 4 rings (SSSR count). The minimum absolute atomic E-state index is 0.562. The Hall–Kier alpha value is -2.01. The van der Waals surface area contributed by atoms with Crippen molar-refractivity contribution < 1.29 is 4.74 Å². The Morgan fingerprint density at radius 3 is 2.88 bits per heavy atom. The third-order valence-electron chi connectivity index (χ3n) is 5.34. The Morgan fingerprint density at radius 1 is 1.29 bits per heavy atom. The summed E-state index contributed by atoms with van der Waals surface area (Å²) in [6.07, 6.45) is 3.61. The second kappa shape index (κ2) is 6.48. The molecule has 1 saturated heterocycles. The Labute approximate surface area is 143 Å². The van der Waals surface area contributed by atoms with E-state index in [4.69, 9.17) is 9.84 Å². The third kappa shape index (κ3) is 2.67. The van der Waals surface area contributed by atoms with Crippen LogP contribution in [0.1, 0.15) is 36.9 Å². The molecule has 2 aromatic rings. The lowest BCUT2D eigenvalue weighted by molar-refractivity contribution is 0.215. The van der Waals surface area contributed by atoms with Crippen LogP contribution in [0, 0.1) is 0 Å². The van der Waals surface area contributed by atoms with Crippen molar-refractivity contribution in [3.8, 4) is 11.4 Å². The number of aromatic nitrogens is 2. The molecule has 128 valence electrons. The standard InChI is InChI=1S/C19H26N4O/c1-3-22-12-4-5-14(13-22)18-17-10-11-20-19(17)23(21-18)15-6-8-16(24-2)9-7-15/h6-9,14,20H,3-5,10-13H2,1-2H3. The van der Waals surface area contributed by atoms with Crippen LogP contribution in [0.25, 0.3) is 5.69 Å². The Bertz CT molecular complexity index is 707. The fourth-order valence-corrected chi connectivity index (χ4v) is 4.01. The van der Waals surface area contributed by atoms with Crippen molar-refractivity contribution in [3.05, 3.63) is 35.5 Å². The van der Waals surface area contributed by atoms with Gasteiger partial charge in [0.15, 0.2) is 0 Å². The first-order valence-corrected chi connectivity index (χ1v) is 9.02. The summed E-state index contributed by atoms with van der Waals surface area (Å²) in [7, 11) is 1.70. The van der Waals surface area contributed by atoms with Crippen LogP contribution in [-0.2, 0) is 6.42 Å². The summed E-state index contributed by atoms with van der Waals surface area (Å²) in [6.45, 7) is 6.77. The molecule has 0 saturated carbocycles. The van der Waals surface area contributed by atoms with Crippen molar-refractivity contribution in [2.24, 2.45) is 0 Å². The van der Waals surface area contributed by atoms with E-state index in [1.54, 1.807) is 7.11 Å². The molecule has 2 aliphatic heterocycles. The van der Waals surface area contributed by atoms with Gasteiger partial charge >= 0.3 is 0 Å². The summed E-state index contributed by atoms with van der Waals surface area (Å²) in [4.78, 5) is 2.55. The fraction of sp³-hybridized carbons (Fsp3) is 0.526. The molecule has 1 aromatic carbocycles. The predicted octanol–water partition coefficient (Wildman–Crippen LogP) is 3.05. The zero-order chi connectivity index (χ0) is 16.5. The third-order valence-corrected chi connectivity index (χ3v) is 5.34. The van der Waals surface area contributed by atoms with E-state index in [1.807, 2.05) is 12.1 Å². The highest BCUT2D eigenvalue weighted by molar-refractivity contribution is 5.58. The smallest absolute Gasteiger partial charge is 0.133 e. The Morgan fingerprint density at radius 2 is 2.12 bits per heavy atom. The molecule has 1 unspecified atom stereocenters. The second-order valence-electron chi connectivity index (χ2n) is 6.73. The molecule has 24 heavy (non-hydrogen) atoms. The summed E-state index contributed by atoms with van der Waals surface area (Å²) in [5.74, 6) is 2.62. The molecule has 5 nitrogen and oxygen atoms in total. The van der Waals surface area contributed by atoms with Gasteiger partial charge in [0.05, 0.1) is 18.5 Å². The summed E-state index contributed by atoms with van der Waals surface area (Å²) < 4.78 is 7.36. The molecule has 1 aromatic heterocycles. The van der Waals surface area contributed by atoms with Crippen molar-refractivity contribution in [3.63, 3.8) is 0 Å². The number of rotatable bonds is 4. The number of anilines is 1. The number of hydrogen-bond acceptors (Lipinski definition) is 4. The topological polar surface area (TPSA) is 42.3 Å². The zero-order valence-corrected chi connectivity index (χ0v) is 14.6. The molecule has 1 fully saturated rings. The van der Waals surface area contributed by atoms with Gasteiger partial charge in [0.2, 0.25) is 0 Å². The molecule has 0 aliphatic carbocycles. The SMILES string of the molecule is CCN1CCCC(c2nn(-c3ccc(OC)cc3)c3c2CCN3)C1. The minimum atomic E-state index is 0.562. The number of ether oxygens (including phenoxy) is 1. The summed E-state index contributed by atoms with van der Waals surface area (Å²) in [5.41, 5.74) is 3.83. The van der Waals surface area contributed by atoms with E-state index in [2.05, 4.69) is 34.0 Å². The highest BCUT2D eigenvalue weighted by atomic mass is 16.5. The summed E-state index contributed by atoms with van der Waals surface area (Å²) in [6, 6.07) is 8.15. The van der Waals surface area contributed by atoms with Gasteiger partial charge in [-0.2, -0.15) is 5.10 Å². The van der Waals surface area contributed by atoms with Crippen molar-refractivity contribution in [2.45, 2.75) is 32.1 Å². The van der Waals surface area contributed by atoms with Crippen LogP contribution < -0.4 is 10.1 Å². The number of likely N-dealkylation sites (N-methyl/N-ethyl adjacent to an activating group) is 1. The van der Waals surface area contributed by atoms with Crippen LogP contribution in [0.5, 0.6) is 5.75 Å². The molecule has 0 radical (unpaired) electrons. The van der Waals surface area contributed by atoms with Gasteiger partial charge < -0.3 is 15.0 Å². The largest absolute Gasteiger partial charge is 0.497 e. The van der Waals surface area contributed by atoms with Crippen LogP contribution in [-0.4, -0.2) is 48.0 Å². The predicted molar refractivity (Wildman–Crippen MR) is 96.4 cm³/mol. The molecule has 1 atom stereocenters. The van der Waals surface area contributed by atoms with Gasteiger partial charge in [0.25, 0.3) is 0 Å². The van der Waals surface area contributed by atoms with Crippen molar-refractivity contribution >= 4 is 5.82 Å². The van der Waals surface area contributed by atoms with E-state index in [1.165, 1.54) is 36.5 Å². The maximum absolute atomic E-state index is 5.27. The maximum Gasteiger partial charge on any atom is 0.133 e. The Kier molecular flexibility index (Phi) is 4.19. The van der Waals surface area contributed by atoms with E-state index in [9.17, 15) is 0 Å². The van der Waals surface area contributed by atoms with E-state index in [-0.39, 0.29) is 0 Å². The molecule has 0 amide bonds. The van der Waals surface area contributed by atoms with Crippen LogP contribution in [0.2, 0.25) is 0 Å². The molecule has 3 heterocycles. The zero-order valence-electron chi connectivity index (χ0n) is 14.6. The van der Waals surface area contributed by atoms with Gasteiger partial charge in [0, 0.05) is 24.6 Å². The summed E-state index contributed by atoms with van der Waals surface area (Å²) in [5, 5.41) is 8.57. The molecule has 0 bridgehead atoms. The first kappa shape index (κ1) is 15.5. The van der Waals surface area contributed by atoms with Crippen molar-refractivity contribution in [1.82, 2.24) is 14.7 Å². The number of nitrogens with one attached hydrogen (secondary N) is 1.